The standard InChI is InChI=1S/C13H32N2O6P2/c1-3-4-5-6-7-8-9-11-15(2)12-10-13(14,22(16,17)18)23(19,20)21/h3-12,14H2,1-2H3,(H2,16,17,18)(H2,19,20,21). The van der Waals surface area contributed by atoms with Crippen LogP contribution in [0.25, 0.3) is 0 Å². The first kappa shape index (κ1) is 23.2. The van der Waals surface area contributed by atoms with Crippen molar-refractivity contribution in [3.63, 3.8) is 0 Å². The van der Waals surface area contributed by atoms with Gasteiger partial charge in [-0.25, -0.2) is 0 Å². The molecule has 0 saturated heterocycles. The van der Waals surface area contributed by atoms with Crippen molar-refractivity contribution < 1.29 is 28.7 Å². The Morgan fingerprint density at radius 3 is 1.74 bits per heavy atom. The van der Waals surface area contributed by atoms with Crippen LogP contribution < -0.4 is 5.73 Å². The molecule has 140 valence electrons. The molecule has 0 fully saturated rings. The van der Waals surface area contributed by atoms with E-state index in [4.69, 9.17) is 5.73 Å². The molecule has 23 heavy (non-hydrogen) atoms. The van der Waals surface area contributed by atoms with Gasteiger partial charge in [-0.15, -0.1) is 0 Å². The molecule has 0 saturated carbocycles. The minimum Gasteiger partial charge on any atom is -0.323 e. The zero-order valence-electron chi connectivity index (χ0n) is 14.1. The summed E-state index contributed by atoms with van der Waals surface area (Å²) in [6.07, 6.45) is 7.61. The highest BCUT2D eigenvalue weighted by molar-refractivity contribution is 7.72. The average molecular weight is 374 g/mol. The lowest BCUT2D eigenvalue weighted by atomic mass is 10.1. The average Bonchev–Trinajstić information content (AvgIpc) is 2.41. The van der Waals surface area contributed by atoms with Crippen molar-refractivity contribution in [2.45, 2.75) is 63.3 Å². The van der Waals surface area contributed by atoms with Crippen molar-refractivity contribution in [3.8, 4) is 0 Å². The molecule has 0 heterocycles. The topological polar surface area (TPSA) is 144 Å². The summed E-state index contributed by atoms with van der Waals surface area (Å²) in [5.74, 6) is 0. The fraction of sp³-hybridized carbons (Fsp3) is 1.00. The van der Waals surface area contributed by atoms with E-state index in [0.717, 1.165) is 19.3 Å². The van der Waals surface area contributed by atoms with E-state index in [9.17, 15) is 28.7 Å². The zero-order valence-corrected chi connectivity index (χ0v) is 15.9. The Bertz CT molecular complexity index is 401. The molecule has 0 radical (unpaired) electrons. The van der Waals surface area contributed by atoms with E-state index in [1.165, 1.54) is 25.7 Å². The summed E-state index contributed by atoms with van der Waals surface area (Å²) >= 11 is 0. The smallest absolute Gasteiger partial charge is 0.323 e. The number of hydrogen-bond acceptors (Lipinski definition) is 4. The Kier molecular flexibility index (Phi) is 10.4. The number of unbranched alkanes of at least 4 members (excludes halogenated alkanes) is 6. The Labute approximate surface area is 138 Å². The summed E-state index contributed by atoms with van der Waals surface area (Å²) in [7, 11) is -8.50. The van der Waals surface area contributed by atoms with Crippen molar-refractivity contribution in [2.75, 3.05) is 20.1 Å². The molecule has 0 aromatic carbocycles. The maximum Gasteiger partial charge on any atom is 0.357 e. The van der Waals surface area contributed by atoms with Crippen LogP contribution in [-0.2, 0) is 9.13 Å². The van der Waals surface area contributed by atoms with Crippen LogP contribution in [0.1, 0.15) is 58.3 Å². The summed E-state index contributed by atoms with van der Waals surface area (Å²) in [5.41, 5.74) is 5.37. The predicted molar refractivity (Wildman–Crippen MR) is 91.1 cm³/mol. The lowest BCUT2D eigenvalue weighted by Gasteiger charge is -2.32. The first-order chi connectivity index (χ1) is 10.5. The van der Waals surface area contributed by atoms with Crippen molar-refractivity contribution in [1.82, 2.24) is 4.90 Å². The molecule has 0 aliphatic carbocycles. The lowest BCUT2D eigenvalue weighted by Crippen LogP contribution is -2.42. The van der Waals surface area contributed by atoms with Gasteiger partial charge in [0.25, 0.3) is 0 Å². The van der Waals surface area contributed by atoms with Gasteiger partial charge >= 0.3 is 15.2 Å². The molecule has 0 aliphatic heterocycles. The maximum atomic E-state index is 11.4. The zero-order chi connectivity index (χ0) is 18.1. The Morgan fingerprint density at radius 2 is 1.30 bits per heavy atom. The molecule has 0 rings (SSSR count). The van der Waals surface area contributed by atoms with Crippen molar-refractivity contribution in [2.24, 2.45) is 5.73 Å². The molecular weight excluding hydrogens is 342 g/mol. The molecule has 0 amide bonds. The summed E-state index contributed by atoms with van der Waals surface area (Å²) in [4.78, 5) is 38.5. The fourth-order valence-electron chi connectivity index (χ4n) is 2.27. The van der Waals surface area contributed by atoms with Gasteiger partial charge in [0.15, 0.2) is 0 Å². The third-order valence-electron chi connectivity index (χ3n) is 4.01. The number of nitrogens with two attached hydrogens (primary N) is 1. The summed E-state index contributed by atoms with van der Waals surface area (Å²) in [6, 6.07) is 0. The van der Waals surface area contributed by atoms with Gasteiger partial charge in [0.1, 0.15) is 0 Å². The van der Waals surface area contributed by atoms with Gasteiger partial charge < -0.3 is 30.2 Å². The number of rotatable bonds is 13. The van der Waals surface area contributed by atoms with Crippen LogP contribution in [0, 0.1) is 0 Å². The molecule has 0 unspecified atom stereocenters. The predicted octanol–water partition coefficient (Wildman–Crippen LogP) is 2.03. The highest BCUT2D eigenvalue weighted by Crippen LogP contribution is 2.67. The van der Waals surface area contributed by atoms with Crippen molar-refractivity contribution in [1.29, 1.82) is 0 Å². The van der Waals surface area contributed by atoms with Gasteiger partial charge in [0.05, 0.1) is 0 Å². The summed E-state index contributed by atoms with van der Waals surface area (Å²) < 4.78 is 22.7. The van der Waals surface area contributed by atoms with Crippen molar-refractivity contribution >= 4 is 15.2 Å². The summed E-state index contributed by atoms with van der Waals surface area (Å²) in [5, 5.41) is -2.81. The fourth-order valence-corrected chi connectivity index (χ4v) is 4.41. The van der Waals surface area contributed by atoms with Crippen LogP contribution in [0.5, 0.6) is 0 Å². The van der Waals surface area contributed by atoms with Crippen LogP contribution in [0.15, 0.2) is 0 Å². The monoisotopic (exact) mass is 374 g/mol. The second-order valence-electron chi connectivity index (χ2n) is 6.14. The first-order valence-electron chi connectivity index (χ1n) is 8.04. The minimum absolute atomic E-state index is 0.114. The highest BCUT2D eigenvalue weighted by Gasteiger charge is 2.56. The van der Waals surface area contributed by atoms with Gasteiger partial charge in [-0.2, -0.15) is 0 Å². The maximum absolute atomic E-state index is 11.4. The van der Waals surface area contributed by atoms with Crippen LogP contribution in [0.2, 0.25) is 0 Å². The van der Waals surface area contributed by atoms with E-state index in [1.54, 1.807) is 11.9 Å². The first-order valence-corrected chi connectivity index (χ1v) is 11.3. The SMILES string of the molecule is CCCCCCCCCN(C)CCC(N)(P(=O)(O)O)P(=O)(O)O. The molecule has 0 aromatic heterocycles. The molecule has 0 atom stereocenters. The summed E-state index contributed by atoms with van der Waals surface area (Å²) in [6.45, 7) is 2.98. The van der Waals surface area contributed by atoms with Crippen LogP contribution in [-0.4, -0.2) is 49.6 Å². The van der Waals surface area contributed by atoms with E-state index in [-0.39, 0.29) is 6.54 Å². The van der Waals surface area contributed by atoms with E-state index in [1.807, 2.05) is 0 Å². The second kappa shape index (κ2) is 10.3. The molecule has 0 bridgehead atoms. The normalized spacial score (nSPS) is 13.7. The van der Waals surface area contributed by atoms with Crippen molar-refractivity contribution in [3.05, 3.63) is 0 Å². The largest absolute Gasteiger partial charge is 0.357 e. The molecular formula is C13H32N2O6P2. The van der Waals surface area contributed by atoms with E-state index in [0.29, 0.717) is 6.54 Å². The molecule has 8 nitrogen and oxygen atoms in total. The minimum atomic E-state index is -5.12. The van der Waals surface area contributed by atoms with E-state index >= 15 is 0 Å². The highest BCUT2D eigenvalue weighted by atomic mass is 31.2. The van der Waals surface area contributed by atoms with E-state index < -0.39 is 26.6 Å². The number of hydrogen-bond donors (Lipinski definition) is 5. The molecule has 0 spiro atoms. The van der Waals surface area contributed by atoms with Gasteiger partial charge in [-0.05, 0) is 20.0 Å². The van der Waals surface area contributed by atoms with Gasteiger partial charge in [-0.1, -0.05) is 45.4 Å². The molecule has 10 heteroatoms. The van der Waals surface area contributed by atoms with Gasteiger partial charge in [0, 0.05) is 13.0 Å². The lowest BCUT2D eigenvalue weighted by molar-refractivity contribution is 0.270. The second-order valence-corrected chi connectivity index (χ2v) is 10.3. The van der Waals surface area contributed by atoms with Crippen LogP contribution in [0.3, 0.4) is 0 Å². The third-order valence-corrected chi connectivity index (χ3v) is 8.04. The molecule has 0 aromatic rings. The molecule has 0 aliphatic rings. The Hall–Kier alpha value is 0.220. The van der Waals surface area contributed by atoms with Gasteiger partial charge in [-0.3, -0.25) is 9.13 Å². The third kappa shape index (κ3) is 8.23. The van der Waals surface area contributed by atoms with Crippen LogP contribution in [0.4, 0.5) is 0 Å². The van der Waals surface area contributed by atoms with Gasteiger partial charge in [0.2, 0.25) is 5.02 Å². The Morgan fingerprint density at radius 1 is 0.870 bits per heavy atom. The molecule has 6 N–H and O–H groups in total. The van der Waals surface area contributed by atoms with E-state index in [2.05, 4.69) is 6.92 Å². The van der Waals surface area contributed by atoms with Crippen LogP contribution >= 0.6 is 15.2 Å². The quantitative estimate of drug-likeness (QED) is 0.243. The Balaban J connectivity index is 4.18. The number of nitrogens with zero attached hydrogens (tertiary/aromatic N) is 1.